The van der Waals surface area contributed by atoms with Gasteiger partial charge in [-0.15, -0.1) is 0 Å². The molecule has 0 aliphatic heterocycles. The Morgan fingerprint density at radius 1 is 0.571 bits per heavy atom. The van der Waals surface area contributed by atoms with Crippen molar-refractivity contribution in [1.29, 1.82) is 0 Å². The van der Waals surface area contributed by atoms with Gasteiger partial charge in [-0.2, -0.15) is 0 Å². The molecule has 0 fully saturated rings. The van der Waals surface area contributed by atoms with E-state index in [-0.39, 0.29) is 145 Å². The first-order valence-corrected chi connectivity index (χ1v) is 7.68. The average molecular weight is 461 g/mol. The van der Waals surface area contributed by atoms with Gasteiger partial charge in [0.05, 0.1) is 52.6 Å². The van der Waals surface area contributed by atoms with Crippen molar-refractivity contribution < 1.29 is 155 Å². The predicted octanol–water partition coefficient (Wildman–Crippen LogP) is -7.81. The summed E-state index contributed by atoms with van der Waals surface area (Å²) in [5.74, 6) is -4.55. The topological polar surface area (TPSA) is 174 Å². The van der Waals surface area contributed by atoms with Crippen molar-refractivity contribution in [1.82, 2.24) is 9.80 Å². The van der Waals surface area contributed by atoms with E-state index in [9.17, 15) is 19.2 Å². The smallest absolute Gasteiger partial charge is 1.00 e. The summed E-state index contributed by atoms with van der Waals surface area (Å²) in [6.45, 7) is -0.790. The third-order valence-corrected chi connectivity index (χ3v) is 2.91. The van der Waals surface area contributed by atoms with Crippen molar-refractivity contribution in [2.45, 2.75) is 0 Å². The summed E-state index contributed by atoms with van der Waals surface area (Å²) in [4.78, 5) is 44.9. The van der Waals surface area contributed by atoms with E-state index in [2.05, 4.69) is 0 Å². The van der Waals surface area contributed by atoms with Crippen LogP contribution in [0.1, 0.15) is 2.85 Å². The molecule has 0 rings (SSSR count). The molecule has 0 radical (unpaired) electrons. The zero-order valence-electron chi connectivity index (χ0n) is 18.2. The number of carboxylic acid groups (broad SMARTS) is 4. The summed E-state index contributed by atoms with van der Waals surface area (Å²) < 4.78 is 10.4. The van der Waals surface area contributed by atoms with Crippen molar-refractivity contribution in [3.8, 4) is 0 Å². The first kappa shape index (κ1) is 33.6. The van der Waals surface area contributed by atoms with E-state index in [0.29, 0.717) is 0 Å². The van der Waals surface area contributed by atoms with Gasteiger partial charge in [0.2, 0.25) is 0 Å². The van der Waals surface area contributed by atoms with E-state index in [0.717, 1.165) is 0 Å². The van der Waals surface area contributed by atoms with Gasteiger partial charge in [0.15, 0.2) is 0 Å². The van der Waals surface area contributed by atoms with Gasteiger partial charge in [-0.05, 0) is 0 Å². The first-order valence-electron chi connectivity index (χ1n) is 7.68. The van der Waals surface area contributed by atoms with Crippen LogP contribution in [0.5, 0.6) is 0 Å². The monoisotopic (exact) mass is 460 g/mol. The molecule has 12 nitrogen and oxygen atoms in total. The van der Waals surface area contributed by atoms with E-state index in [4.69, 9.17) is 29.9 Å². The molecule has 0 saturated heterocycles. The van der Waals surface area contributed by atoms with Crippen LogP contribution < -0.4 is 103 Å². The van der Waals surface area contributed by atoms with Crippen LogP contribution in [0.15, 0.2) is 0 Å². The van der Waals surface area contributed by atoms with Crippen molar-refractivity contribution in [3.63, 3.8) is 0 Å². The van der Waals surface area contributed by atoms with Gasteiger partial charge in [-0.3, -0.25) is 29.0 Å². The SMILES string of the molecule is O=C(O)CN(CCOCCOCCN(CC(=O)O)CC(=O)O)CC(=O)O.[H-].[H-].[K+].[K+]. The summed E-state index contributed by atoms with van der Waals surface area (Å²) in [7, 11) is 0. The second-order valence-electron chi connectivity index (χ2n) is 5.22. The summed E-state index contributed by atoms with van der Waals surface area (Å²) in [5, 5.41) is 34.7. The quantitative estimate of drug-likeness (QED) is 0.119. The molecule has 0 spiro atoms. The normalized spacial score (nSPS) is 10.2. The minimum absolute atomic E-state index is 0. The second-order valence-corrected chi connectivity index (χ2v) is 5.22. The van der Waals surface area contributed by atoms with Gasteiger partial charge in [0.25, 0.3) is 0 Å². The molecule has 154 valence electrons. The fourth-order valence-electron chi connectivity index (χ4n) is 1.90. The van der Waals surface area contributed by atoms with Gasteiger partial charge < -0.3 is 32.8 Å². The molecule has 0 aromatic heterocycles. The number of hydrogen-bond acceptors (Lipinski definition) is 8. The average Bonchev–Trinajstić information content (AvgIpc) is 2.47. The molecule has 4 N–H and O–H groups in total. The molecule has 0 aromatic carbocycles. The fraction of sp³-hybridized carbons (Fsp3) is 0.714. The van der Waals surface area contributed by atoms with Crippen molar-refractivity contribution in [3.05, 3.63) is 0 Å². The van der Waals surface area contributed by atoms with Gasteiger partial charge in [-0.25, -0.2) is 0 Å². The Morgan fingerprint density at radius 2 is 0.821 bits per heavy atom. The van der Waals surface area contributed by atoms with Gasteiger partial charge >= 0.3 is 127 Å². The van der Waals surface area contributed by atoms with Crippen LogP contribution in [0.4, 0.5) is 0 Å². The Bertz CT molecular complexity index is 418. The Hall–Kier alpha value is 0.993. The molecule has 0 heterocycles. The molecule has 0 aromatic rings. The molecule has 0 atom stereocenters. The summed E-state index contributed by atoms with van der Waals surface area (Å²) >= 11 is 0. The fourth-order valence-corrected chi connectivity index (χ4v) is 1.90. The Labute approximate surface area is 250 Å². The molecule has 0 unspecified atom stereocenters. The van der Waals surface area contributed by atoms with E-state index < -0.39 is 50.1 Å². The largest absolute Gasteiger partial charge is 1.00 e. The van der Waals surface area contributed by atoms with E-state index in [1.807, 2.05) is 0 Å². The Morgan fingerprint density at radius 3 is 1.04 bits per heavy atom. The molecule has 0 saturated carbocycles. The van der Waals surface area contributed by atoms with Gasteiger partial charge in [-0.1, -0.05) is 0 Å². The second kappa shape index (κ2) is 21.2. The standard InChI is InChI=1S/C14H24N2O10.2K.2H/c17-11(18)7-15(8-12(19)20)1-3-25-5-6-26-4-2-16(9-13(21)22)10-14(23)24;;;;/h1-10H2,(H,17,18)(H,19,20)(H,21,22)(H,23,24);;;;/q;2*+1;2*-1. The van der Waals surface area contributed by atoms with Crippen LogP contribution in [0.3, 0.4) is 0 Å². The van der Waals surface area contributed by atoms with Crippen LogP contribution >= 0.6 is 0 Å². The zero-order chi connectivity index (χ0) is 19.9. The number of hydrogen-bond donors (Lipinski definition) is 4. The van der Waals surface area contributed by atoms with Crippen LogP contribution in [-0.2, 0) is 28.7 Å². The predicted molar refractivity (Wildman–Crippen MR) is 87.3 cm³/mol. The number of carboxylic acids is 4. The van der Waals surface area contributed by atoms with Crippen LogP contribution in [0.25, 0.3) is 0 Å². The van der Waals surface area contributed by atoms with Crippen molar-refractivity contribution in [2.24, 2.45) is 0 Å². The molecule has 0 aliphatic rings. The molecule has 0 bridgehead atoms. The maximum atomic E-state index is 10.6. The van der Waals surface area contributed by atoms with Gasteiger partial charge in [0, 0.05) is 13.1 Å². The van der Waals surface area contributed by atoms with Gasteiger partial charge in [0.1, 0.15) is 0 Å². The molecule has 28 heavy (non-hydrogen) atoms. The number of aliphatic carboxylic acids is 4. The molecule has 14 heteroatoms. The van der Waals surface area contributed by atoms with E-state index >= 15 is 0 Å². The number of ether oxygens (including phenoxy) is 2. The summed E-state index contributed by atoms with van der Waals surface area (Å²) in [5.41, 5.74) is 0. The minimum Gasteiger partial charge on any atom is -1.00 e. The minimum atomic E-state index is -1.14. The maximum Gasteiger partial charge on any atom is 1.00 e. The maximum absolute atomic E-state index is 10.6. The molecule has 0 aliphatic carbocycles. The van der Waals surface area contributed by atoms with Crippen molar-refractivity contribution >= 4 is 23.9 Å². The Kier molecular flexibility index (Phi) is 25.5. The molecular formula is C14H26K2N2O10. The van der Waals surface area contributed by atoms with Crippen LogP contribution in [0, 0.1) is 0 Å². The van der Waals surface area contributed by atoms with Crippen LogP contribution in [-0.4, -0.2) is 120 Å². The molecular weight excluding hydrogens is 434 g/mol. The number of carbonyl (C=O) groups is 4. The van der Waals surface area contributed by atoms with Crippen molar-refractivity contribution in [2.75, 3.05) is 65.7 Å². The van der Waals surface area contributed by atoms with Crippen LogP contribution in [0.2, 0.25) is 0 Å². The Balaban J connectivity index is -0.000000521. The number of rotatable bonds is 17. The van der Waals surface area contributed by atoms with E-state index in [1.165, 1.54) is 9.80 Å². The third-order valence-electron chi connectivity index (χ3n) is 2.91. The zero-order valence-corrected chi connectivity index (χ0v) is 22.5. The number of nitrogens with zero attached hydrogens (tertiary/aromatic N) is 2. The first-order chi connectivity index (χ1) is 12.2. The summed E-state index contributed by atoms with van der Waals surface area (Å²) in [6, 6.07) is 0. The molecule has 0 amide bonds. The van der Waals surface area contributed by atoms with E-state index in [1.54, 1.807) is 0 Å². The summed E-state index contributed by atoms with van der Waals surface area (Å²) in [6.07, 6.45) is 0. The third kappa shape index (κ3) is 23.3.